The number of carbonyl (C=O) groups excluding carboxylic acids is 2. The molecule has 1 atom stereocenters. The summed E-state index contributed by atoms with van der Waals surface area (Å²) in [4.78, 5) is 44.5. The number of thiazole rings is 1. The third-order valence-corrected chi connectivity index (χ3v) is 8.46. The second kappa shape index (κ2) is 14.2. The van der Waals surface area contributed by atoms with Gasteiger partial charge in [-0.05, 0) is 104 Å². The fourth-order valence-electron chi connectivity index (χ4n) is 4.47. The van der Waals surface area contributed by atoms with E-state index in [2.05, 4.69) is 50.2 Å². The van der Waals surface area contributed by atoms with Crippen molar-refractivity contribution in [2.24, 2.45) is 4.99 Å². The first-order valence-corrected chi connectivity index (χ1v) is 16.3. The largest absolute Gasteiger partial charge is 0.491 e. The zero-order valence-corrected chi connectivity index (χ0v) is 28.9. The zero-order chi connectivity index (χ0) is 30.6. The highest BCUT2D eigenvalue weighted by Gasteiger charge is 2.35. The molecule has 0 fully saturated rings. The fourth-order valence-corrected chi connectivity index (χ4v) is 7.55. The summed E-state index contributed by atoms with van der Waals surface area (Å²) >= 11 is 5.54. The number of para-hydroxylation sites is 1. The highest BCUT2D eigenvalue weighted by Crippen LogP contribution is 2.36. The van der Waals surface area contributed by atoms with Crippen molar-refractivity contribution < 1.29 is 28.5 Å². The number of halogens is 2. The first kappa shape index (κ1) is 32.2. The van der Waals surface area contributed by atoms with Crippen molar-refractivity contribution >= 4 is 74.5 Å². The van der Waals surface area contributed by atoms with Gasteiger partial charge in [0, 0.05) is 14.7 Å². The number of esters is 2. The second-order valence-corrected chi connectivity index (χ2v) is 12.8. The number of fused-ring (bicyclic) bond motifs is 1. The van der Waals surface area contributed by atoms with Gasteiger partial charge in [-0.1, -0.05) is 29.5 Å². The number of rotatable bonds is 10. The van der Waals surface area contributed by atoms with Gasteiger partial charge in [0.1, 0.15) is 17.5 Å². The van der Waals surface area contributed by atoms with Gasteiger partial charge < -0.3 is 18.9 Å². The van der Waals surface area contributed by atoms with Crippen LogP contribution >= 0.6 is 56.5 Å². The molecule has 0 spiro atoms. The number of hydrogen-bond donors (Lipinski definition) is 0. The maximum absolute atomic E-state index is 14.1. The van der Waals surface area contributed by atoms with Crippen LogP contribution in [0.2, 0.25) is 0 Å². The number of benzene rings is 2. The lowest BCUT2D eigenvalue weighted by Gasteiger charge is -2.26. The van der Waals surface area contributed by atoms with E-state index in [1.807, 2.05) is 50.2 Å². The van der Waals surface area contributed by atoms with Crippen LogP contribution in [0, 0.1) is 7.14 Å². The minimum Gasteiger partial charge on any atom is -0.491 e. The molecule has 42 heavy (non-hydrogen) atoms. The predicted octanol–water partition coefficient (Wildman–Crippen LogP) is 4.74. The lowest BCUT2D eigenvalue weighted by Crippen LogP contribution is -2.40. The van der Waals surface area contributed by atoms with Crippen molar-refractivity contribution in [2.45, 2.75) is 46.8 Å². The van der Waals surface area contributed by atoms with E-state index in [9.17, 15) is 14.4 Å². The number of carbonyl (C=O) groups is 2. The topological polar surface area (TPSA) is 105 Å². The standard InChI is InChI=1S/C30H30I2N2O7S/c1-6-38-24(35)15-40-27-18(12-19(31)14-21(27)32)13-23-28(36)34-26(20-10-8-9-11-22(20)41-16(3)4)25(29(37)39-7-2)17(5)33-30(34)42-23/h8-14,16,26H,6-7,15H2,1-5H3/b23-13-/t26-/m1/s1. The summed E-state index contributed by atoms with van der Waals surface area (Å²) in [5.41, 5.74) is 1.69. The van der Waals surface area contributed by atoms with Crippen molar-refractivity contribution in [1.29, 1.82) is 0 Å². The van der Waals surface area contributed by atoms with Gasteiger partial charge >= 0.3 is 11.9 Å². The van der Waals surface area contributed by atoms with Crippen LogP contribution in [0.3, 0.4) is 0 Å². The summed E-state index contributed by atoms with van der Waals surface area (Å²) in [5, 5.41) is 0. The van der Waals surface area contributed by atoms with E-state index in [4.69, 9.17) is 18.9 Å². The summed E-state index contributed by atoms with van der Waals surface area (Å²) in [6.07, 6.45) is 1.60. The second-order valence-electron chi connectivity index (χ2n) is 9.41. The fraction of sp³-hybridized carbons (Fsp3) is 0.333. The molecule has 1 aliphatic rings. The third-order valence-electron chi connectivity index (χ3n) is 6.06. The molecule has 0 aliphatic carbocycles. The molecular formula is C30H30I2N2O7S. The summed E-state index contributed by atoms with van der Waals surface area (Å²) in [5.74, 6) is -0.00320. The van der Waals surface area contributed by atoms with Crippen molar-refractivity contribution in [3.63, 3.8) is 0 Å². The van der Waals surface area contributed by atoms with E-state index >= 15 is 0 Å². The Bertz CT molecular complexity index is 1730. The predicted molar refractivity (Wildman–Crippen MR) is 177 cm³/mol. The molecule has 0 saturated heterocycles. The number of ether oxygens (including phenoxy) is 4. The third kappa shape index (κ3) is 7.08. The van der Waals surface area contributed by atoms with Crippen LogP contribution in [-0.4, -0.2) is 42.4 Å². The molecule has 0 unspecified atom stereocenters. The molecule has 9 nitrogen and oxygen atoms in total. The van der Waals surface area contributed by atoms with E-state index in [1.165, 1.54) is 15.9 Å². The highest BCUT2D eigenvalue weighted by molar-refractivity contribution is 14.1. The van der Waals surface area contributed by atoms with Gasteiger partial charge in [0.2, 0.25) is 0 Å². The normalized spacial score (nSPS) is 14.9. The minimum absolute atomic E-state index is 0.130. The van der Waals surface area contributed by atoms with Gasteiger partial charge in [-0.2, -0.15) is 0 Å². The Morgan fingerprint density at radius 3 is 2.52 bits per heavy atom. The molecule has 0 bridgehead atoms. The van der Waals surface area contributed by atoms with Gasteiger partial charge in [0.05, 0.1) is 38.7 Å². The molecule has 222 valence electrons. The molecule has 1 aromatic heterocycles. The summed E-state index contributed by atoms with van der Waals surface area (Å²) in [7, 11) is 0. The summed E-state index contributed by atoms with van der Waals surface area (Å²) < 4.78 is 26.0. The Morgan fingerprint density at radius 1 is 1.12 bits per heavy atom. The molecule has 2 heterocycles. The lowest BCUT2D eigenvalue weighted by atomic mass is 9.95. The molecule has 0 amide bonds. The Hall–Kier alpha value is -2.72. The van der Waals surface area contributed by atoms with Crippen LogP contribution in [-0.2, 0) is 19.1 Å². The van der Waals surface area contributed by atoms with Gasteiger partial charge in [0.25, 0.3) is 5.56 Å². The first-order chi connectivity index (χ1) is 20.0. The summed E-state index contributed by atoms with van der Waals surface area (Å²) in [6.45, 7) is 9.20. The van der Waals surface area contributed by atoms with Gasteiger partial charge in [-0.3, -0.25) is 9.36 Å². The van der Waals surface area contributed by atoms with Crippen LogP contribution in [0.1, 0.15) is 51.8 Å². The lowest BCUT2D eigenvalue weighted by molar-refractivity contribution is -0.145. The smallest absolute Gasteiger partial charge is 0.344 e. The SMILES string of the molecule is CCOC(=O)COc1c(I)cc(I)cc1/C=c1\sc2n(c1=O)[C@H](c1ccccc1OC(C)C)C(C(=O)OCC)=C(C)N=2. The van der Waals surface area contributed by atoms with Gasteiger partial charge in [-0.25, -0.2) is 14.6 Å². The summed E-state index contributed by atoms with van der Waals surface area (Å²) in [6, 6.07) is 10.3. The minimum atomic E-state index is -0.812. The van der Waals surface area contributed by atoms with Gasteiger partial charge in [-0.15, -0.1) is 0 Å². The van der Waals surface area contributed by atoms with Gasteiger partial charge in [0.15, 0.2) is 11.4 Å². The number of hydrogen-bond acceptors (Lipinski definition) is 9. The van der Waals surface area contributed by atoms with E-state index in [0.29, 0.717) is 37.7 Å². The Morgan fingerprint density at radius 2 is 1.83 bits per heavy atom. The molecule has 0 N–H and O–H groups in total. The molecule has 3 aromatic rings. The molecule has 1 aliphatic heterocycles. The quantitative estimate of drug-likeness (QED) is 0.215. The van der Waals surface area contributed by atoms with Crippen LogP contribution in [0.5, 0.6) is 11.5 Å². The van der Waals surface area contributed by atoms with Crippen molar-refractivity contribution in [2.75, 3.05) is 19.8 Å². The molecule has 12 heteroatoms. The molecule has 4 rings (SSSR count). The van der Waals surface area contributed by atoms with Crippen molar-refractivity contribution in [1.82, 2.24) is 4.57 Å². The van der Waals surface area contributed by atoms with E-state index in [0.717, 1.165) is 7.14 Å². The molecule has 2 aromatic carbocycles. The number of nitrogens with zero attached hydrogens (tertiary/aromatic N) is 2. The van der Waals surface area contributed by atoms with Crippen LogP contribution in [0.25, 0.3) is 6.08 Å². The monoisotopic (exact) mass is 816 g/mol. The Kier molecular flexibility index (Phi) is 10.9. The maximum atomic E-state index is 14.1. The number of allylic oxidation sites excluding steroid dienone is 1. The van der Waals surface area contributed by atoms with Crippen molar-refractivity contribution in [3.05, 3.63) is 85.6 Å². The number of aromatic nitrogens is 1. The van der Waals surface area contributed by atoms with E-state index < -0.39 is 18.0 Å². The maximum Gasteiger partial charge on any atom is 0.344 e. The Labute approximate surface area is 274 Å². The molecular weight excluding hydrogens is 786 g/mol. The van der Waals surface area contributed by atoms with Crippen LogP contribution in [0.15, 0.2) is 57.5 Å². The van der Waals surface area contributed by atoms with Crippen LogP contribution in [0.4, 0.5) is 0 Å². The van der Waals surface area contributed by atoms with Crippen LogP contribution < -0.4 is 24.4 Å². The van der Waals surface area contributed by atoms with E-state index in [1.54, 1.807) is 26.8 Å². The Balaban J connectivity index is 1.93. The zero-order valence-electron chi connectivity index (χ0n) is 23.7. The average Bonchev–Trinajstić information content (AvgIpc) is 3.21. The molecule has 0 radical (unpaired) electrons. The first-order valence-electron chi connectivity index (χ1n) is 13.3. The molecule has 0 saturated carbocycles. The van der Waals surface area contributed by atoms with E-state index in [-0.39, 0.29) is 37.1 Å². The average molecular weight is 816 g/mol. The highest BCUT2D eigenvalue weighted by atomic mass is 127. The van der Waals surface area contributed by atoms with Crippen molar-refractivity contribution in [3.8, 4) is 11.5 Å².